The summed E-state index contributed by atoms with van der Waals surface area (Å²) in [4.78, 5) is 22.6. The Hall–Kier alpha value is -1.77. The van der Waals surface area contributed by atoms with Crippen molar-refractivity contribution < 1.29 is 14.3 Å². The molecule has 1 aliphatic rings. The van der Waals surface area contributed by atoms with Gasteiger partial charge in [-0.25, -0.2) is 9.97 Å². The zero-order chi connectivity index (χ0) is 16.3. The van der Waals surface area contributed by atoms with E-state index in [1.807, 2.05) is 0 Å². The van der Waals surface area contributed by atoms with Crippen molar-refractivity contribution in [3.63, 3.8) is 0 Å². The molecule has 2 heterocycles. The lowest BCUT2D eigenvalue weighted by Gasteiger charge is -2.26. The number of rotatable bonds is 9. The summed E-state index contributed by atoms with van der Waals surface area (Å²) in [7, 11) is 1.67. The fourth-order valence-electron chi connectivity index (χ4n) is 2.21. The molecule has 1 aliphatic heterocycles. The molecular weight excluding hydrogens is 298 g/mol. The summed E-state index contributed by atoms with van der Waals surface area (Å²) in [5.41, 5.74) is 0.328. The molecule has 2 rings (SSSR count). The molecule has 2 N–H and O–H groups in total. The molecule has 0 saturated carbocycles. The molecule has 8 heteroatoms. The molecule has 0 atom stereocenters. The van der Waals surface area contributed by atoms with Crippen LogP contribution in [0, 0.1) is 0 Å². The van der Waals surface area contributed by atoms with E-state index in [9.17, 15) is 4.79 Å². The first-order chi connectivity index (χ1) is 11.3. The van der Waals surface area contributed by atoms with Gasteiger partial charge < -0.3 is 20.1 Å². The molecule has 0 bridgehead atoms. The van der Waals surface area contributed by atoms with E-state index in [1.165, 1.54) is 6.20 Å². The van der Waals surface area contributed by atoms with Crippen molar-refractivity contribution in [1.82, 2.24) is 20.2 Å². The number of morpholine rings is 1. The predicted octanol–water partition coefficient (Wildman–Crippen LogP) is -0.0130. The first kappa shape index (κ1) is 17.6. The second-order valence-corrected chi connectivity index (χ2v) is 5.27. The summed E-state index contributed by atoms with van der Waals surface area (Å²) >= 11 is 0. The number of carbonyl (C=O) groups is 1. The predicted molar refractivity (Wildman–Crippen MR) is 86.6 cm³/mol. The number of hydrogen-bond donors (Lipinski definition) is 2. The smallest absolute Gasteiger partial charge is 0.271 e. The van der Waals surface area contributed by atoms with Crippen molar-refractivity contribution in [1.29, 1.82) is 0 Å². The maximum atomic E-state index is 12.0. The van der Waals surface area contributed by atoms with Gasteiger partial charge in [-0.3, -0.25) is 9.69 Å². The average Bonchev–Trinajstić information content (AvgIpc) is 2.60. The molecule has 23 heavy (non-hydrogen) atoms. The minimum absolute atomic E-state index is 0.198. The van der Waals surface area contributed by atoms with Crippen LogP contribution in [-0.2, 0) is 9.47 Å². The van der Waals surface area contributed by atoms with Gasteiger partial charge in [-0.1, -0.05) is 0 Å². The van der Waals surface area contributed by atoms with Gasteiger partial charge in [0.25, 0.3) is 5.91 Å². The third kappa shape index (κ3) is 6.47. The Morgan fingerprint density at radius 2 is 2.13 bits per heavy atom. The standard InChI is InChI=1S/C15H25N5O3/c1-22-8-2-3-16-14-12-18-13(11-19-14)15(21)17-4-5-20-6-9-23-10-7-20/h11-12H,2-10H2,1H3,(H,16,19)(H,17,21). The Bertz CT molecular complexity index is 463. The number of hydrogen-bond acceptors (Lipinski definition) is 7. The van der Waals surface area contributed by atoms with Crippen LogP contribution in [0.4, 0.5) is 5.82 Å². The van der Waals surface area contributed by atoms with Gasteiger partial charge in [0.05, 0.1) is 25.6 Å². The maximum Gasteiger partial charge on any atom is 0.271 e. The van der Waals surface area contributed by atoms with E-state index < -0.39 is 0 Å². The fourth-order valence-corrected chi connectivity index (χ4v) is 2.21. The molecule has 1 saturated heterocycles. The summed E-state index contributed by atoms with van der Waals surface area (Å²) in [5.74, 6) is 0.461. The lowest BCUT2D eigenvalue weighted by Crippen LogP contribution is -2.41. The van der Waals surface area contributed by atoms with Crippen molar-refractivity contribution in [2.75, 3.05) is 65.0 Å². The van der Waals surface area contributed by atoms with E-state index in [1.54, 1.807) is 13.3 Å². The van der Waals surface area contributed by atoms with E-state index in [4.69, 9.17) is 9.47 Å². The molecule has 128 valence electrons. The fraction of sp³-hybridized carbons (Fsp3) is 0.667. The third-order valence-corrected chi connectivity index (χ3v) is 3.53. The van der Waals surface area contributed by atoms with Crippen LogP contribution >= 0.6 is 0 Å². The Morgan fingerprint density at radius 1 is 1.30 bits per heavy atom. The highest BCUT2D eigenvalue weighted by Gasteiger charge is 2.11. The van der Waals surface area contributed by atoms with Crippen LogP contribution in [0.15, 0.2) is 12.4 Å². The number of carbonyl (C=O) groups excluding carboxylic acids is 1. The van der Waals surface area contributed by atoms with Crippen molar-refractivity contribution >= 4 is 11.7 Å². The molecule has 1 fully saturated rings. The number of nitrogens with zero attached hydrogens (tertiary/aromatic N) is 3. The number of nitrogens with one attached hydrogen (secondary N) is 2. The summed E-state index contributed by atoms with van der Waals surface area (Å²) < 4.78 is 10.3. The van der Waals surface area contributed by atoms with Gasteiger partial charge in [0.15, 0.2) is 0 Å². The second-order valence-electron chi connectivity index (χ2n) is 5.27. The Balaban J connectivity index is 1.67. The summed E-state index contributed by atoms with van der Waals surface area (Å²) in [6.07, 6.45) is 3.95. The summed E-state index contributed by atoms with van der Waals surface area (Å²) in [6, 6.07) is 0. The van der Waals surface area contributed by atoms with Crippen LogP contribution in [0.5, 0.6) is 0 Å². The zero-order valence-electron chi connectivity index (χ0n) is 13.6. The third-order valence-electron chi connectivity index (χ3n) is 3.53. The minimum atomic E-state index is -0.198. The molecule has 0 spiro atoms. The van der Waals surface area contributed by atoms with Crippen molar-refractivity contribution in [2.24, 2.45) is 0 Å². The summed E-state index contributed by atoms with van der Waals surface area (Å²) in [6.45, 7) is 6.23. The van der Waals surface area contributed by atoms with Crippen LogP contribution < -0.4 is 10.6 Å². The second kappa shape index (κ2) is 10.1. The van der Waals surface area contributed by atoms with E-state index >= 15 is 0 Å². The summed E-state index contributed by atoms with van der Waals surface area (Å²) in [5, 5.41) is 5.99. The van der Waals surface area contributed by atoms with Crippen LogP contribution in [0.1, 0.15) is 16.9 Å². The van der Waals surface area contributed by atoms with E-state index in [0.717, 1.165) is 45.8 Å². The number of ether oxygens (including phenoxy) is 2. The monoisotopic (exact) mass is 323 g/mol. The van der Waals surface area contributed by atoms with Gasteiger partial charge in [-0.05, 0) is 6.42 Å². The van der Waals surface area contributed by atoms with Crippen LogP contribution in [0.2, 0.25) is 0 Å². The zero-order valence-corrected chi connectivity index (χ0v) is 13.6. The highest BCUT2D eigenvalue weighted by Crippen LogP contribution is 2.01. The molecule has 1 aromatic heterocycles. The van der Waals surface area contributed by atoms with Crippen molar-refractivity contribution in [3.05, 3.63) is 18.1 Å². The Labute approximate surface area is 136 Å². The number of methoxy groups -OCH3 is 1. The first-order valence-electron chi connectivity index (χ1n) is 7.93. The Kier molecular flexibility index (Phi) is 7.71. The number of amides is 1. The maximum absolute atomic E-state index is 12.0. The number of aromatic nitrogens is 2. The molecular formula is C15H25N5O3. The topological polar surface area (TPSA) is 88.6 Å². The first-order valence-corrected chi connectivity index (χ1v) is 7.93. The van der Waals surface area contributed by atoms with Crippen molar-refractivity contribution in [2.45, 2.75) is 6.42 Å². The Morgan fingerprint density at radius 3 is 2.83 bits per heavy atom. The quantitative estimate of drug-likeness (QED) is 0.618. The largest absolute Gasteiger partial charge is 0.385 e. The molecule has 8 nitrogen and oxygen atoms in total. The van der Waals surface area contributed by atoms with E-state index in [0.29, 0.717) is 24.7 Å². The lowest BCUT2D eigenvalue weighted by molar-refractivity contribution is 0.0383. The van der Waals surface area contributed by atoms with Gasteiger partial charge >= 0.3 is 0 Å². The normalized spacial score (nSPS) is 15.3. The molecule has 0 aromatic carbocycles. The molecule has 0 aliphatic carbocycles. The van der Waals surface area contributed by atoms with Gasteiger partial charge in [0, 0.05) is 46.4 Å². The van der Waals surface area contributed by atoms with E-state index in [-0.39, 0.29) is 5.91 Å². The average molecular weight is 323 g/mol. The highest BCUT2D eigenvalue weighted by atomic mass is 16.5. The van der Waals surface area contributed by atoms with Crippen LogP contribution in [0.25, 0.3) is 0 Å². The van der Waals surface area contributed by atoms with Gasteiger partial charge in [0.2, 0.25) is 0 Å². The van der Waals surface area contributed by atoms with Crippen LogP contribution in [-0.4, -0.2) is 80.4 Å². The number of anilines is 1. The molecule has 1 aromatic rings. The van der Waals surface area contributed by atoms with Gasteiger partial charge in [-0.15, -0.1) is 0 Å². The minimum Gasteiger partial charge on any atom is -0.385 e. The molecule has 0 radical (unpaired) electrons. The van der Waals surface area contributed by atoms with E-state index in [2.05, 4.69) is 25.5 Å². The van der Waals surface area contributed by atoms with Crippen LogP contribution in [0.3, 0.4) is 0 Å². The molecule has 0 unspecified atom stereocenters. The van der Waals surface area contributed by atoms with Gasteiger partial charge in [0.1, 0.15) is 11.5 Å². The molecule has 1 amide bonds. The SMILES string of the molecule is COCCCNc1cnc(C(=O)NCCN2CCOCC2)cn1. The lowest BCUT2D eigenvalue weighted by atomic mass is 10.4. The highest BCUT2D eigenvalue weighted by molar-refractivity contribution is 5.91. The van der Waals surface area contributed by atoms with Gasteiger partial charge in [-0.2, -0.15) is 0 Å². The van der Waals surface area contributed by atoms with Crippen molar-refractivity contribution in [3.8, 4) is 0 Å².